The maximum absolute atomic E-state index is 12.4. The first kappa shape index (κ1) is 17.4. The van der Waals surface area contributed by atoms with E-state index >= 15 is 0 Å². The van der Waals surface area contributed by atoms with Gasteiger partial charge in [-0.1, -0.05) is 17.7 Å². The summed E-state index contributed by atoms with van der Waals surface area (Å²) < 4.78 is 23.3. The van der Waals surface area contributed by atoms with Gasteiger partial charge < -0.3 is 4.74 Å². The Hall–Kier alpha value is -1.40. The highest BCUT2D eigenvalue weighted by molar-refractivity contribution is 7.80. The molecule has 1 saturated heterocycles. The fourth-order valence-electron chi connectivity index (χ4n) is 3.16. The highest BCUT2D eigenvalue weighted by atomic mass is 32.2. The molecule has 1 aromatic rings. The second-order valence-corrected chi connectivity index (χ2v) is 8.85. The first-order chi connectivity index (χ1) is 11.2. The van der Waals surface area contributed by atoms with Gasteiger partial charge in [-0.15, -0.1) is 0 Å². The predicted octanol–water partition coefficient (Wildman–Crippen LogP) is 3.43. The fourth-order valence-corrected chi connectivity index (χ4v) is 3.94. The third-order valence-corrected chi connectivity index (χ3v) is 5.40. The second-order valence-electron chi connectivity index (χ2n) is 7.67. The van der Waals surface area contributed by atoms with Crippen LogP contribution in [0.1, 0.15) is 39.2 Å². The number of fused-ring (bicyclic) bond motifs is 1. The van der Waals surface area contributed by atoms with Crippen molar-refractivity contribution in [2.75, 3.05) is 6.61 Å². The molecule has 0 aromatic heterocycles. The smallest absolute Gasteiger partial charge is 0.410 e. The van der Waals surface area contributed by atoms with Crippen molar-refractivity contribution in [1.29, 1.82) is 0 Å². The van der Waals surface area contributed by atoms with Gasteiger partial charge in [-0.25, -0.2) is 9.00 Å². The van der Waals surface area contributed by atoms with Gasteiger partial charge in [-0.3, -0.25) is 9.08 Å². The summed E-state index contributed by atoms with van der Waals surface area (Å²) in [6.45, 7) is 7.85. The van der Waals surface area contributed by atoms with Crippen molar-refractivity contribution in [2.24, 2.45) is 5.92 Å². The van der Waals surface area contributed by atoms with Crippen molar-refractivity contribution >= 4 is 17.2 Å². The van der Waals surface area contributed by atoms with Crippen molar-refractivity contribution in [3.8, 4) is 0 Å². The van der Waals surface area contributed by atoms with Crippen LogP contribution in [0.4, 0.5) is 4.79 Å². The fraction of sp³-hybridized carbons (Fsp3) is 0.611. The van der Waals surface area contributed by atoms with Gasteiger partial charge in [0, 0.05) is 6.04 Å². The normalized spacial score (nSPS) is 26.8. The Balaban J connectivity index is 1.59. The third-order valence-electron chi connectivity index (χ3n) is 4.40. The van der Waals surface area contributed by atoms with Crippen LogP contribution >= 0.6 is 0 Å². The van der Waals surface area contributed by atoms with Gasteiger partial charge in [0.2, 0.25) is 0 Å². The summed E-state index contributed by atoms with van der Waals surface area (Å²) in [4.78, 5) is 14.9. The lowest BCUT2D eigenvalue weighted by Gasteiger charge is -2.30. The number of ether oxygens (including phenoxy) is 1. The van der Waals surface area contributed by atoms with Crippen LogP contribution in [0.3, 0.4) is 0 Å². The average molecular weight is 351 g/mol. The summed E-state index contributed by atoms with van der Waals surface area (Å²) in [5.74, 6) is 0.541. The summed E-state index contributed by atoms with van der Waals surface area (Å²) in [6, 6.07) is 7.65. The van der Waals surface area contributed by atoms with E-state index in [1.165, 1.54) is 0 Å². The van der Waals surface area contributed by atoms with E-state index in [9.17, 15) is 9.00 Å². The van der Waals surface area contributed by atoms with E-state index in [4.69, 9.17) is 8.92 Å². The average Bonchev–Trinajstić information content (AvgIpc) is 3.14. The number of rotatable bonds is 4. The van der Waals surface area contributed by atoms with Gasteiger partial charge >= 0.3 is 6.09 Å². The third kappa shape index (κ3) is 3.98. The number of nitrogens with zero attached hydrogens (tertiary/aromatic N) is 1. The van der Waals surface area contributed by atoms with E-state index in [0.717, 1.165) is 18.4 Å². The molecule has 3 rings (SSSR count). The summed E-state index contributed by atoms with van der Waals surface area (Å²) in [5, 5.41) is 0. The molecule has 0 radical (unpaired) electrons. The van der Waals surface area contributed by atoms with Crippen LogP contribution in [0.2, 0.25) is 0 Å². The van der Waals surface area contributed by atoms with E-state index < -0.39 is 16.7 Å². The number of amides is 1. The van der Waals surface area contributed by atoms with Crippen molar-refractivity contribution in [2.45, 2.75) is 63.1 Å². The molecule has 1 aliphatic heterocycles. The molecular weight excluding hydrogens is 326 g/mol. The number of aryl methyl sites for hydroxylation is 1. The zero-order valence-electron chi connectivity index (χ0n) is 14.7. The molecule has 24 heavy (non-hydrogen) atoms. The number of carbonyl (C=O) groups excluding carboxylic acids is 1. The van der Waals surface area contributed by atoms with Gasteiger partial charge in [0.25, 0.3) is 0 Å². The molecule has 1 amide bonds. The lowest BCUT2D eigenvalue weighted by atomic mass is 10.2. The second kappa shape index (κ2) is 6.48. The molecule has 1 saturated carbocycles. The Bertz CT molecular complexity index is 637. The van der Waals surface area contributed by atoms with Crippen LogP contribution in [0.25, 0.3) is 0 Å². The maximum atomic E-state index is 12.4. The summed E-state index contributed by atoms with van der Waals surface area (Å²) in [5.41, 5.74) is 0.600. The Morgan fingerprint density at radius 3 is 2.54 bits per heavy atom. The highest BCUT2D eigenvalue weighted by Gasteiger charge is 2.55. The van der Waals surface area contributed by atoms with Gasteiger partial charge in [0.05, 0.1) is 17.5 Å². The van der Waals surface area contributed by atoms with Gasteiger partial charge in [-0.05, 0) is 58.6 Å². The van der Waals surface area contributed by atoms with Gasteiger partial charge in [0.1, 0.15) is 5.60 Å². The van der Waals surface area contributed by atoms with E-state index in [-0.39, 0.29) is 24.8 Å². The maximum Gasteiger partial charge on any atom is 0.410 e. The minimum Gasteiger partial charge on any atom is -0.444 e. The van der Waals surface area contributed by atoms with Crippen LogP contribution in [-0.2, 0) is 20.0 Å². The first-order valence-electron chi connectivity index (χ1n) is 8.37. The molecule has 4 atom stereocenters. The summed E-state index contributed by atoms with van der Waals surface area (Å²) >= 11 is -1.51. The lowest BCUT2D eigenvalue weighted by Crippen LogP contribution is -2.44. The largest absolute Gasteiger partial charge is 0.444 e. The minimum absolute atomic E-state index is 0.0574. The minimum atomic E-state index is -1.51. The molecule has 6 heteroatoms. The quantitative estimate of drug-likeness (QED) is 0.834. The molecule has 1 heterocycles. The number of piperidine rings is 1. The molecular formula is C18H25NO4S. The highest BCUT2D eigenvalue weighted by Crippen LogP contribution is 2.48. The number of likely N-dealkylation sites (tertiary alicyclic amines) is 1. The molecule has 5 nitrogen and oxygen atoms in total. The number of carbonyl (C=O) groups is 1. The Morgan fingerprint density at radius 2 is 1.92 bits per heavy atom. The molecule has 4 unspecified atom stereocenters. The standard InChI is InChI=1S/C18H25NO4S/c1-12-5-7-15(8-6-12)24(21)22-11-14-9-13-10-16(13)19(14)17(20)23-18(2,3)4/h5-8,13-14,16H,9-11H2,1-4H3. The summed E-state index contributed by atoms with van der Waals surface area (Å²) in [7, 11) is 0. The van der Waals surface area contributed by atoms with E-state index in [1.807, 2.05) is 52.0 Å². The van der Waals surface area contributed by atoms with E-state index in [0.29, 0.717) is 10.8 Å². The van der Waals surface area contributed by atoms with E-state index in [1.54, 1.807) is 4.90 Å². The Labute approximate surface area is 146 Å². The van der Waals surface area contributed by atoms with Crippen LogP contribution in [-0.4, -0.2) is 39.5 Å². The van der Waals surface area contributed by atoms with Crippen molar-refractivity contribution in [3.05, 3.63) is 29.8 Å². The van der Waals surface area contributed by atoms with Gasteiger partial charge in [-0.2, -0.15) is 0 Å². The van der Waals surface area contributed by atoms with Crippen molar-refractivity contribution in [1.82, 2.24) is 4.90 Å². The van der Waals surface area contributed by atoms with Crippen LogP contribution in [0.15, 0.2) is 29.2 Å². The molecule has 0 N–H and O–H groups in total. The zero-order chi connectivity index (χ0) is 17.5. The zero-order valence-corrected chi connectivity index (χ0v) is 15.5. The molecule has 2 fully saturated rings. The van der Waals surface area contributed by atoms with Crippen LogP contribution in [0, 0.1) is 12.8 Å². The van der Waals surface area contributed by atoms with Crippen molar-refractivity contribution < 1.29 is 17.9 Å². The lowest BCUT2D eigenvalue weighted by molar-refractivity contribution is 0.0144. The van der Waals surface area contributed by atoms with Crippen molar-refractivity contribution in [3.63, 3.8) is 0 Å². The Morgan fingerprint density at radius 1 is 1.25 bits per heavy atom. The number of hydrogen-bond acceptors (Lipinski definition) is 4. The van der Waals surface area contributed by atoms with Crippen LogP contribution < -0.4 is 0 Å². The van der Waals surface area contributed by atoms with Gasteiger partial charge in [0.15, 0.2) is 11.1 Å². The first-order valence-corrected chi connectivity index (χ1v) is 9.45. The predicted molar refractivity (Wildman–Crippen MR) is 91.9 cm³/mol. The molecule has 0 bridgehead atoms. The molecule has 0 spiro atoms. The molecule has 132 valence electrons. The SMILES string of the molecule is Cc1ccc(S(=O)OCC2CC3CC3N2C(=O)OC(C)(C)C)cc1. The van der Waals surface area contributed by atoms with E-state index in [2.05, 4.69) is 0 Å². The number of benzene rings is 1. The summed E-state index contributed by atoms with van der Waals surface area (Å²) in [6.07, 6.45) is 1.65. The Kier molecular flexibility index (Phi) is 4.71. The molecule has 2 aliphatic rings. The molecule has 1 aliphatic carbocycles. The molecule has 1 aromatic carbocycles. The number of hydrogen-bond donors (Lipinski definition) is 0. The monoisotopic (exact) mass is 351 g/mol. The van der Waals surface area contributed by atoms with Crippen LogP contribution in [0.5, 0.6) is 0 Å². The topological polar surface area (TPSA) is 55.8 Å².